The van der Waals surface area contributed by atoms with E-state index >= 15 is 0 Å². The quantitative estimate of drug-likeness (QED) is 0.814. The van der Waals surface area contributed by atoms with Crippen molar-refractivity contribution in [1.29, 1.82) is 0 Å². The van der Waals surface area contributed by atoms with Gasteiger partial charge in [-0.3, -0.25) is 4.90 Å². The monoisotopic (exact) mass is 361 g/mol. The number of rotatable bonds is 5. The summed E-state index contributed by atoms with van der Waals surface area (Å²) in [6.07, 6.45) is 6.62. The minimum Gasteiger partial charge on any atom is -0.392 e. The highest BCUT2D eigenvalue weighted by Gasteiger charge is 2.21. The lowest BCUT2D eigenvalue weighted by Gasteiger charge is -2.30. The van der Waals surface area contributed by atoms with E-state index in [1.807, 2.05) is 0 Å². The lowest BCUT2D eigenvalue weighted by Crippen LogP contribution is -2.40. The van der Waals surface area contributed by atoms with Crippen molar-refractivity contribution in [2.24, 2.45) is 0 Å². The summed E-state index contributed by atoms with van der Waals surface area (Å²) in [6.45, 7) is 5.37. The van der Waals surface area contributed by atoms with Crippen LogP contribution in [-0.2, 0) is 0 Å². The Kier molecular flexibility index (Phi) is 5.45. The maximum Gasteiger partial charge on any atom is 0.245 e. The van der Waals surface area contributed by atoms with Gasteiger partial charge in [-0.05, 0) is 42.5 Å². The van der Waals surface area contributed by atoms with E-state index in [1.54, 1.807) is 0 Å². The molecule has 0 saturated carbocycles. The first-order valence-electron chi connectivity index (χ1n) is 9.69. The van der Waals surface area contributed by atoms with E-state index in [0.717, 1.165) is 63.7 Å². The number of nitrogens with one attached hydrogen (secondary N) is 1. The number of anilines is 2. The molecule has 9 heteroatoms. The number of nitrogens with zero attached hydrogens (tertiary/aromatic N) is 6. The Bertz CT molecular complexity index is 714. The average molecular weight is 361 g/mol. The fourth-order valence-electron chi connectivity index (χ4n) is 3.82. The predicted molar refractivity (Wildman–Crippen MR) is 98.2 cm³/mol. The Morgan fingerprint density at radius 3 is 2.54 bits per heavy atom. The average Bonchev–Trinajstić information content (AvgIpc) is 2.92. The van der Waals surface area contributed by atoms with Crippen LogP contribution in [0, 0.1) is 0 Å². The van der Waals surface area contributed by atoms with Crippen molar-refractivity contribution < 1.29 is 9.74 Å². The molecule has 0 unspecified atom stereocenters. The number of fused-ring (bicyclic) bond motifs is 1. The van der Waals surface area contributed by atoms with Crippen molar-refractivity contribution >= 4 is 22.9 Å². The predicted octanol–water partition coefficient (Wildman–Crippen LogP) is 1.26. The number of piperidine rings is 1. The van der Waals surface area contributed by atoms with E-state index in [-0.39, 0.29) is 6.10 Å². The van der Waals surface area contributed by atoms with Gasteiger partial charge in [0.1, 0.15) is 0 Å². The molecule has 2 fully saturated rings. The van der Waals surface area contributed by atoms with Gasteiger partial charge in [0, 0.05) is 32.7 Å². The van der Waals surface area contributed by atoms with Crippen molar-refractivity contribution in [3.8, 4) is 0 Å². The lowest BCUT2D eigenvalue weighted by atomic mass is 10.1. The summed E-state index contributed by atoms with van der Waals surface area (Å²) in [6, 6.07) is 0. The molecule has 0 aliphatic carbocycles. The summed E-state index contributed by atoms with van der Waals surface area (Å²) >= 11 is 0. The zero-order chi connectivity index (χ0) is 17.8. The second-order valence-corrected chi connectivity index (χ2v) is 7.23. The van der Waals surface area contributed by atoms with E-state index in [9.17, 15) is 5.11 Å². The molecule has 2 aliphatic heterocycles. The Balaban J connectivity index is 1.47. The second-order valence-electron chi connectivity index (χ2n) is 7.23. The van der Waals surface area contributed by atoms with Crippen molar-refractivity contribution in [3.63, 3.8) is 0 Å². The standard InChI is InChI=1S/C17H27N7O2/c25-13-6-5-8-23(12-13)11-7-18-16-17(24-9-3-1-2-4-10-24)20-15-14(19-16)21-26-22-15/h13,25H,1-12H2,(H,18,19,21)/t13-/m1/s1. The largest absolute Gasteiger partial charge is 0.392 e. The van der Waals surface area contributed by atoms with Gasteiger partial charge in [-0.25, -0.2) is 14.6 Å². The van der Waals surface area contributed by atoms with Gasteiger partial charge in [-0.15, -0.1) is 0 Å². The van der Waals surface area contributed by atoms with Gasteiger partial charge in [-0.1, -0.05) is 12.8 Å². The molecule has 2 saturated heterocycles. The van der Waals surface area contributed by atoms with E-state index in [1.165, 1.54) is 25.7 Å². The summed E-state index contributed by atoms with van der Waals surface area (Å²) in [5.74, 6) is 1.58. The minimum absolute atomic E-state index is 0.200. The number of aliphatic hydroxyl groups excluding tert-OH is 1. The van der Waals surface area contributed by atoms with Gasteiger partial charge in [0.2, 0.25) is 11.3 Å². The maximum atomic E-state index is 9.81. The van der Waals surface area contributed by atoms with Crippen molar-refractivity contribution in [2.75, 3.05) is 49.5 Å². The Morgan fingerprint density at radius 1 is 1.00 bits per heavy atom. The van der Waals surface area contributed by atoms with Crippen LogP contribution in [0.25, 0.3) is 11.3 Å². The molecule has 4 rings (SSSR count). The topological polar surface area (TPSA) is 103 Å². The van der Waals surface area contributed by atoms with E-state index in [2.05, 4.69) is 35.4 Å². The van der Waals surface area contributed by atoms with Crippen LogP contribution in [0.1, 0.15) is 38.5 Å². The Morgan fingerprint density at radius 2 is 1.77 bits per heavy atom. The molecule has 0 spiro atoms. The number of likely N-dealkylation sites (tertiary alicyclic amines) is 1. The van der Waals surface area contributed by atoms with Crippen LogP contribution >= 0.6 is 0 Å². The molecule has 0 radical (unpaired) electrons. The van der Waals surface area contributed by atoms with Crippen LogP contribution in [0.2, 0.25) is 0 Å². The number of hydrogen-bond acceptors (Lipinski definition) is 9. The zero-order valence-corrected chi connectivity index (χ0v) is 15.1. The highest BCUT2D eigenvalue weighted by Crippen LogP contribution is 2.26. The SMILES string of the molecule is O[C@@H]1CCCN(CCNc2nc3nonc3nc2N2CCCCCC2)C1. The molecule has 2 aromatic rings. The first-order valence-corrected chi connectivity index (χ1v) is 9.69. The second kappa shape index (κ2) is 8.13. The van der Waals surface area contributed by atoms with Crippen LogP contribution in [0.3, 0.4) is 0 Å². The smallest absolute Gasteiger partial charge is 0.245 e. The normalized spacial score (nSPS) is 22.5. The molecule has 0 amide bonds. The zero-order valence-electron chi connectivity index (χ0n) is 15.1. The summed E-state index contributed by atoms with van der Waals surface area (Å²) < 4.78 is 4.79. The third kappa shape index (κ3) is 4.04. The van der Waals surface area contributed by atoms with Crippen LogP contribution in [0.4, 0.5) is 11.6 Å². The molecule has 1 atom stereocenters. The molecule has 142 valence electrons. The van der Waals surface area contributed by atoms with Gasteiger partial charge in [0.25, 0.3) is 0 Å². The molecule has 0 bridgehead atoms. The van der Waals surface area contributed by atoms with Gasteiger partial charge in [-0.2, -0.15) is 0 Å². The van der Waals surface area contributed by atoms with Gasteiger partial charge in [0.15, 0.2) is 11.6 Å². The van der Waals surface area contributed by atoms with E-state index in [4.69, 9.17) is 4.63 Å². The van der Waals surface area contributed by atoms with E-state index < -0.39 is 0 Å². The van der Waals surface area contributed by atoms with Gasteiger partial charge < -0.3 is 15.3 Å². The number of hydrogen-bond donors (Lipinski definition) is 2. The Hall–Kier alpha value is -2.00. The minimum atomic E-state index is -0.200. The number of β-amino-alcohol motifs (C(OH)–C–C–N with tert-alkyl or cyclic N) is 1. The fourth-order valence-corrected chi connectivity index (χ4v) is 3.82. The van der Waals surface area contributed by atoms with Crippen molar-refractivity contribution in [1.82, 2.24) is 25.2 Å². The molecule has 9 nitrogen and oxygen atoms in total. The third-order valence-corrected chi connectivity index (χ3v) is 5.20. The molecular weight excluding hydrogens is 334 g/mol. The number of aliphatic hydroxyl groups is 1. The summed E-state index contributed by atoms with van der Waals surface area (Å²) in [4.78, 5) is 13.8. The maximum absolute atomic E-state index is 9.81. The summed E-state index contributed by atoms with van der Waals surface area (Å²) in [7, 11) is 0. The highest BCUT2D eigenvalue weighted by atomic mass is 16.6. The molecule has 2 N–H and O–H groups in total. The van der Waals surface area contributed by atoms with Gasteiger partial charge >= 0.3 is 0 Å². The van der Waals surface area contributed by atoms with Crippen LogP contribution in [-0.4, -0.2) is 75.7 Å². The summed E-state index contributed by atoms with van der Waals surface area (Å²) in [5, 5.41) is 20.9. The molecule has 26 heavy (non-hydrogen) atoms. The Labute approximate surface area is 152 Å². The van der Waals surface area contributed by atoms with Gasteiger partial charge in [0.05, 0.1) is 6.10 Å². The molecule has 0 aromatic carbocycles. The lowest BCUT2D eigenvalue weighted by molar-refractivity contribution is 0.0730. The van der Waals surface area contributed by atoms with Crippen LogP contribution in [0.5, 0.6) is 0 Å². The van der Waals surface area contributed by atoms with E-state index in [0.29, 0.717) is 11.3 Å². The molecule has 4 heterocycles. The van der Waals surface area contributed by atoms with Crippen molar-refractivity contribution in [3.05, 3.63) is 0 Å². The fraction of sp³-hybridized carbons (Fsp3) is 0.765. The molecule has 2 aliphatic rings. The van der Waals surface area contributed by atoms with Crippen LogP contribution in [0.15, 0.2) is 4.63 Å². The van der Waals surface area contributed by atoms with Crippen molar-refractivity contribution in [2.45, 2.75) is 44.6 Å². The third-order valence-electron chi connectivity index (χ3n) is 5.20. The summed E-state index contributed by atoms with van der Waals surface area (Å²) in [5.41, 5.74) is 0.883. The van der Waals surface area contributed by atoms with Crippen LogP contribution < -0.4 is 10.2 Å². The first kappa shape index (κ1) is 17.4. The molecule has 2 aromatic heterocycles. The first-order chi connectivity index (χ1) is 12.8. The molecular formula is C17H27N7O2. The highest BCUT2D eigenvalue weighted by molar-refractivity contribution is 5.74. The number of aromatic nitrogens is 4.